The Morgan fingerprint density at radius 1 is 1.29 bits per heavy atom. The van der Waals surface area contributed by atoms with Gasteiger partial charge >= 0.3 is 0 Å². The number of piperazine rings is 1. The molecule has 2 rings (SSSR count). The fourth-order valence-electron chi connectivity index (χ4n) is 2.46. The summed E-state index contributed by atoms with van der Waals surface area (Å²) in [5.74, 6) is 0.0739. The number of nitrogens with zero attached hydrogens (tertiary/aromatic N) is 3. The van der Waals surface area contributed by atoms with Gasteiger partial charge in [0, 0.05) is 31.7 Å². The molecule has 0 spiro atoms. The fraction of sp³-hybridized carbons (Fsp3) is 0.500. The number of hydrogen-bond acceptors (Lipinski definition) is 4. The van der Waals surface area contributed by atoms with E-state index in [9.17, 15) is 9.90 Å². The highest BCUT2D eigenvalue weighted by molar-refractivity contribution is 5.94. The molecule has 0 unspecified atom stereocenters. The number of nitriles is 1. The Hall–Kier alpha value is -2.06. The molecule has 5 nitrogen and oxygen atoms in total. The van der Waals surface area contributed by atoms with Gasteiger partial charge in [-0.05, 0) is 38.5 Å². The van der Waals surface area contributed by atoms with Gasteiger partial charge in [0.25, 0.3) is 5.91 Å². The number of amides is 1. The molecular formula is C16H21N3O2. The molecule has 0 aromatic heterocycles. The molecule has 0 radical (unpaired) electrons. The molecule has 0 aliphatic carbocycles. The quantitative estimate of drug-likeness (QED) is 0.900. The van der Waals surface area contributed by atoms with Crippen molar-refractivity contribution < 1.29 is 9.90 Å². The topological polar surface area (TPSA) is 67.6 Å². The number of benzene rings is 1. The Bertz CT molecular complexity index is 582. The number of carbonyl (C=O) groups is 1. The molecule has 1 saturated heterocycles. The summed E-state index contributed by atoms with van der Waals surface area (Å²) in [7, 11) is 0. The predicted molar refractivity (Wildman–Crippen MR) is 80.0 cm³/mol. The summed E-state index contributed by atoms with van der Waals surface area (Å²) in [6.45, 7) is 8.14. The minimum Gasteiger partial charge on any atom is -0.508 e. The molecule has 21 heavy (non-hydrogen) atoms. The first-order valence-corrected chi connectivity index (χ1v) is 7.10. The predicted octanol–water partition coefficient (Wildman–Crippen LogP) is 1.76. The maximum absolute atomic E-state index is 12.4. The van der Waals surface area contributed by atoms with Gasteiger partial charge in [-0.25, -0.2) is 0 Å². The second-order valence-corrected chi connectivity index (χ2v) is 5.95. The lowest BCUT2D eigenvalue weighted by molar-refractivity contribution is 0.0520. The van der Waals surface area contributed by atoms with Gasteiger partial charge in [0.05, 0.1) is 6.07 Å². The van der Waals surface area contributed by atoms with Crippen molar-refractivity contribution in [1.82, 2.24) is 9.80 Å². The molecule has 1 fully saturated rings. The third-order valence-corrected chi connectivity index (χ3v) is 4.09. The lowest BCUT2D eigenvalue weighted by atomic mass is 10.0. The van der Waals surface area contributed by atoms with Crippen LogP contribution in [0.4, 0.5) is 0 Å². The van der Waals surface area contributed by atoms with Gasteiger partial charge in [-0.15, -0.1) is 0 Å². The Morgan fingerprint density at radius 2 is 1.90 bits per heavy atom. The van der Waals surface area contributed by atoms with E-state index < -0.39 is 5.54 Å². The summed E-state index contributed by atoms with van der Waals surface area (Å²) in [6, 6.07) is 7.29. The molecule has 1 aromatic carbocycles. The smallest absolute Gasteiger partial charge is 0.254 e. The molecule has 0 saturated carbocycles. The van der Waals surface area contributed by atoms with Gasteiger partial charge < -0.3 is 10.0 Å². The van der Waals surface area contributed by atoms with E-state index in [1.807, 2.05) is 13.8 Å². The molecule has 112 valence electrons. The molecule has 1 aliphatic heterocycles. The van der Waals surface area contributed by atoms with Crippen molar-refractivity contribution in [3.63, 3.8) is 0 Å². The molecule has 0 bridgehead atoms. The van der Waals surface area contributed by atoms with Crippen molar-refractivity contribution in [2.45, 2.75) is 26.3 Å². The van der Waals surface area contributed by atoms with E-state index in [2.05, 4.69) is 11.0 Å². The van der Waals surface area contributed by atoms with Gasteiger partial charge in [-0.2, -0.15) is 5.26 Å². The second-order valence-electron chi connectivity index (χ2n) is 5.95. The lowest BCUT2D eigenvalue weighted by Gasteiger charge is -2.40. The van der Waals surface area contributed by atoms with Gasteiger partial charge in [-0.1, -0.05) is 6.07 Å². The fourth-order valence-corrected chi connectivity index (χ4v) is 2.46. The third-order valence-electron chi connectivity index (χ3n) is 4.09. The van der Waals surface area contributed by atoms with E-state index in [0.717, 1.165) is 5.56 Å². The number of rotatable bonds is 2. The summed E-state index contributed by atoms with van der Waals surface area (Å²) in [5.41, 5.74) is 0.760. The van der Waals surface area contributed by atoms with Crippen molar-refractivity contribution in [1.29, 1.82) is 5.26 Å². The highest BCUT2D eigenvalue weighted by Crippen LogP contribution is 2.20. The van der Waals surface area contributed by atoms with E-state index in [1.54, 1.807) is 24.0 Å². The van der Waals surface area contributed by atoms with E-state index in [-0.39, 0.29) is 11.7 Å². The van der Waals surface area contributed by atoms with Crippen LogP contribution in [0.1, 0.15) is 29.8 Å². The van der Waals surface area contributed by atoms with Crippen LogP contribution in [-0.2, 0) is 0 Å². The molecular weight excluding hydrogens is 266 g/mol. The number of carbonyl (C=O) groups excluding carboxylic acids is 1. The van der Waals surface area contributed by atoms with Crippen molar-refractivity contribution in [3.05, 3.63) is 29.3 Å². The normalized spacial score (nSPS) is 16.6. The summed E-state index contributed by atoms with van der Waals surface area (Å²) >= 11 is 0. The van der Waals surface area contributed by atoms with E-state index in [4.69, 9.17) is 5.26 Å². The first kappa shape index (κ1) is 15.3. The SMILES string of the molecule is Cc1ccc(C(=O)N2CCN(C(C)(C)C#N)CC2)cc1O. The zero-order valence-corrected chi connectivity index (χ0v) is 12.8. The number of aryl methyl sites for hydroxylation is 1. The highest BCUT2D eigenvalue weighted by atomic mass is 16.3. The number of phenols is 1. The number of hydrogen-bond donors (Lipinski definition) is 1. The molecule has 1 aliphatic rings. The van der Waals surface area contributed by atoms with Crippen LogP contribution in [0.25, 0.3) is 0 Å². The Balaban J connectivity index is 2.04. The lowest BCUT2D eigenvalue weighted by Crippen LogP contribution is -2.55. The van der Waals surface area contributed by atoms with E-state index in [0.29, 0.717) is 31.7 Å². The van der Waals surface area contributed by atoms with Gasteiger partial charge in [-0.3, -0.25) is 9.69 Å². The minimum absolute atomic E-state index is 0.0697. The molecule has 5 heteroatoms. The summed E-state index contributed by atoms with van der Waals surface area (Å²) in [6.07, 6.45) is 0. The summed E-state index contributed by atoms with van der Waals surface area (Å²) in [5, 5.41) is 18.9. The first-order chi connectivity index (χ1) is 9.85. The largest absolute Gasteiger partial charge is 0.508 e. The number of aromatic hydroxyl groups is 1. The van der Waals surface area contributed by atoms with Crippen LogP contribution >= 0.6 is 0 Å². The number of phenolic OH excluding ortho intramolecular Hbond substituents is 1. The first-order valence-electron chi connectivity index (χ1n) is 7.10. The second kappa shape index (κ2) is 5.74. The Kier molecular flexibility index (Phi) is 4.19. The Morgan fingerprint density at radius 3 is 2.43 bits per heavy atom. The van der Waals surface area contributed by atoms with E-state index >= 15 is 0 Å². The van der Waals surface area contributed by atoms with Crippen molar-refractivity contribution in [3.8, 4) is 11.8 Å². The maximum Gasteiger partial charge on any atom is 0.254 e. The average molecular weight is 287 g/mol. The zero-order chi connectivity index (χ0) is 15.6. The van der Waals surface area contributed by atoms with Crippen LogP contribution in [0.5, 0.6) is 5.75 Å². The zero-order valence-electron chi connectivity index (χ0n) is 12.8. The molecule has 1 aromatic rings. The van der Waals surface area contributed by atoms with Crippen molar-refractivity contribution in [2.75, 3.05) is 26.2 Å². The van der Waals surface area contributed by atoms with Crippen LogP contribution in [0.3, 0.4) is 0 Å². The van der Waals surface area contributed by atoms with Gasteiger partial charge in [0.2, 0.25) is 0 Å². The standard InChI is InChI=1S/C16H21N3O2/c1-12-4-5-13(10-14(12)20)15(21)18-6-8-19(9-7-18)16(2,3)11-17/h4-5,10,20H,6-9H2,1-3H3. The summed E-state index contributed by atoms with van der Waals surface area (Å²) in [4.78, 5) is 16.3. The van der Waals surface area contributed by atoms with Crippen LogP contribution in [-0.4, -0.2) is 52.5 Å². The molecule has 1 heterocycles. The van der Waals surface area contributed by atoms with Gasteiger partial charge in [0.15, 0.2) is 0 Å². The maximum atomic E-state index is 12.4. The minimum atomic E-state index is -0.503. The van der Waals surface area contributed by atoms with Gasteiger partial charge in [0.1, 0.15) is 11.3 Å². The average Bonchev–Trinajstić information content (AvgIpc) is 2.49. The molecule has 0 atom stereocenters. The molecule has 1 amide bonds. The highest BCUT2D eigenvalue weighted by Gasteiger charge is 2.31. The van der Waals surface area contributed by atoms with Crippen LogP contribution in [0, 0.1) is 18.3 Å². The van der Waals surface area contributed by atoms with Crippen LogP contribution in [0.15, 0.2) is 18.2 Å². The third kappa shape index (κ3) is 3.17. The molecule has 1 N–H and O–H groups in total. The van der Waals surface area contributed by atoms with Crippen LogP contribution in [0.2, 0.25) is 0 Å². The Labute approximate surface area is 125 Å². The monoisotopic (exact) mass is 287 g/mol. The van der Waals surface area contributed by atoms with E-state index in [1.165, 1.54) is 6.07 Å². The van der Waals surface area contributed by atoms with Crippen molar-refractivity contribution >= 4 is 5.91 Å². The summed E-state index contributed by atoms with van der Waals surface area (Å²) < 4.78 is 0. The van der Waals surface area contributed by atoms with Crippen molar-refractivity contribution in [2.24, 2.45) is 0 Å². The van der Waals surface area contributed by atoms with Crippen LogP contribution < -0.4 is 0 Å².